The zero-order valence-corrected chi connectivity index (χ0v) is 19.4. The van der Waals surface area contributed by atoms with Gasteiger partial charge in [0.2, 0.25) is 11.8 Å². The number of methoxy groups -OCH3 is 1. The Kier molecular flexibility index (Phi) is 7.66. The number of para-hydroxylation sites is 1. The van der Waals surface area contributed by atoms with Crippen LogP contribution in [0.2, 0.25) is 0 Å². The van der Waals surface area contributed by atoms with Crippen molar-refractivity contribution in [3.8, 4) is 5.75 Å². The van der Waals surface area contributed by atoms with Crippen LogP contribution in [0, 0.1) is 5.92 Å². The maximum Gasteiger partial charge on any atom is 0.410 e. The van der Waals surface area contributed by atoms with E-state index < -0.39 is 30.1 Å². The van der Waals surface area contributed by atoms with Crippen LogP contribution in [-0.4, -0.2) is 89.9 Å². The van der Waals surface area contributed by atoms with E-state index in [0.29, 0.717) is 31.9 Å². The molecule has 11 nitrogen and oxygen atoms in total. The minimum Gasteiger partial charge on any atom is -0.488 e. The molecule has 0 aliphatic carbocycles. The van der Waals surface area contributed by atoms with E-state index in [-0.39, 0.29) is 18.9 Å². The standard InChI is InChI=1S/C24H29N5O6/c1-34-24(32)29-16-19(35-18-7-9-25-10-8-18)15-20(22(30)26-33)21(29)23(31)28-13-11-27(12-14-28)17-5-3-2-4-6-17/h2-10,19-21,33H,11-16H2,1H3,(H,26,30)/t19-,20-,21-/m0/s1. The molecular formula is C24H29N5O6. The van der Waals surface area contributed by atoms with Crippen molar-refractivity contribution in [2.24, 2.45) is 5.92 Å². The summed E-state index contributed by atoms with van der Waals surface area (Å²) in [5.41, 5.74) is 2.72. The number of nitrogens with zero attached hydrogens (tertiary/aromatic N) is 4. The number of nitrogens with one attached hydrogen (secondary N) is 1. The van der Waals surface area contributed by atoms with E-state index in [2.05, 4.69) is 9.88 Å². The predicted molar refractivity (Wildman–Crippen MR) is 125 cm³/mol. The SMILES string of the molecule is COC(=O)N1C[C@@H](Oc2ccncc2)C[C@H](C(=O)NO)[C@H]1C(=O)N1CCN(c2ccccc2)CC1. The Morgan fingerprint density at radius 1 is 1.03 bits per heavy atom. The van der Waals surface area contributed by atoms with Crippen LogP contribution in [0.15, 0.2) is 54.9 Å². The number of rotatable bonds is 5. The smallest absolute Gasteiger partial charge is 0.410 e. The van der Waals surface area contributed by atoms with Gasteiger partial charge in [-0.2, -0.15) is 0 Å². The summed E-state index contributed by atoms with van der Waals surface area (Å²) in [6.45, 7) is 2.15. The minimum atomic E-state index is -1.13. The van der Waals surface area contributed by atoms with Gasteiger partial charge in [-0.1, -0.05) is 18.2 Å². The molecule has 2 aromatic rings. The number of carbonyl (C=O) groups is 3. The molecule has 4 rings (SSSR count). The highest BCUT2D eigenvalue weighted by Crippen LogP contribution is 2.30. The molecule has 0 unspecified atom stereocenters. The average Bonchev–Trinajstić information content (AvgIpc) is 2.92. The number of amides is 3. The normalized spacial score (nSPS) is 22.3. The summed E-state index contributed by atoms with van der Waals surface area (Å²) in [5, 5.41) is 9.40. The van der Waals surface area contributed by atoms with Gasteiger partial charge in [0.15, 0.2) is 0 Å². The molecular weight excluding hydrogens is 454 g/mol. The Hall–Kier alpha value is -3.86. The second-order valence-electron chi connectivity index (χ2n) is 8.46. The number of anilines is 1. The van der Waals surface area contributed by atoms with E-state index in [1.54, 1.807) is 34.9 Å². The van der Waals surface area contributed by atoms with Crippen molar-refractivity contribution in [3.63, 3.8) is 0 Å². The lowest BCUT2D eigenvalue weighted by Gasteiger charge is -2.45. The number of hydroxylamine groups is 1. The fourth-order valence-corrected chi connectivity index (χ4v) is 4.69. The molecule has 3 heterocycles. The van der Waals surface area contributed by atoms with Crippen LogP contribution in [0.1, 0.15) is 6.42 Å². The maximum atomic E-state index is 13.7. The van der Waals surface area contributed by atoms with E-state index in [9.17, 15) is 19.6 Å². The Morgan fingerprint density at radius 2 is 1.71 bits per heavy atom. The second-order valence-corrected chi connectivity index (χ2v) is 8.46. The van der Waals surface area contributed by atoms with Crippen molar-refractivity contribution in [1.82, 2.24) is 20.3 Å². The van der Waals surface area contributed by atoms with E-state index >= 15 is 0 Å². The molecule has 0 radical (unpaired) electrons. The number of hydrogen-bond donors (Lipinski definition) is 2. The van der Waals surface area contributed by atoms with Gasteiger partial charge in [0, 0.05) is 50.7 Å². The molecule has 1 aromatic carbocycles. The molecule has 2 aliphatic heterocycles. The van der Waals surface area contributed by atoms with Gasteiger partial charge in [0.05, 0.1) is 19.6 Å². The van der Waals surface area contributed by atoms with Crippen molar-refractivity contribution >= 4 is 23.6 Å². The average molecular weight is 484 g/mol. The third-order valence-corrected chi connectivity index (χ3v) is 6.41. The minimum absolute atomic E-state index is 0.0462. The number of carbonyl (C=O) groups excluding carboxylic acids is 3. The lowest BCUT2D eigenvalue weighted by atomic mass is 9.86. The number of benzene rings is 1. The maximum absolute atomic E-state index is 13.7. The Balaban J connectivity index is 1.53. The van der Waals surface area contributed by atoms with E-state index in [1.807, 2.05) is 30.3 Å². The van der Waals surface area contributed by atoms with Crippen LogP contribution < -0.4 is 15.1 Å². The highest BCUT2D eigenvalue weighted by molar-refractivity contribution is 5.92. The molecule has 2 fully saturated rings. The Morgan fingerprint density at radius 3 is 2.34 bits per heavy atom. The summed E-state index contributed by atoms with van der Waals surface area (Å²) in [5.74, 6) is -1.64. The largest absolute Gasteiger partial charge is 0.488 e. The summed E-state index contributed by atoms with van der Waals surface area (Å²) in [6.07, 6.45) is 1.91. The van der Waals surface area contributed by atoms with Gasteiger partial charge in [0.1, 0.15) is 17.9 Å². The van der Waals surface area contributed by atoms with E-state index in [1.165, 1.54) is 12.0 Å². The molecule has 11 heteroatoms. The number of piperidine rings is 1. The van der Waals surface area contributed by atoms with Gasteiger partial charge in [0.25, 0.3) is 0 Å². The molecule has 3 atom stereocenters. The second kappa shape index (κ2) is 11.0. The molecule has 35 heavy (non-hydrogen) atoms. The van der Waals surface area contributed by atoms with Crippen LogP contribution in [0.25, 0.3) is 0 Å². The molecule has 1 aromatic heterocycles. The fourth-order valence-electron chi connectivity index (χ4n) is 4.69. The third-order valence-electron chi connectivity index (χ3n) is 6.41. The number of hydrogen-bond acceptors (Lipinski definition) is 8. The van der Waals surface area contributed by atoms with Crippen LogP contribution in [0.3, 0.4) is 0 Å². The van der Waals surface area contributed by atoms with Crippen molar-refractivity contribution in [2.75, 3.05) is 44.7 Å². The first-order chi connectivity index (χ1) is 17.0. The molecule has 0 spiro atoms. The predicted octanol–water partition coefficient (Wildman–Crippen LogP) is 1.14. The summed E-state index contributed by atoms with van der Waals surface area (Å²) in [6, 6.07) is 12.1. The Labute approximate surface area is 203 Å². The highest BCUT2D eigenvalue weighted by atomic mass is 16.5. The van der Waals surface area contributed by atoms with Gasteiger partial charge >= 0.3 is 6.09 Å². The third kappa shape index (κ3) is 5.46. The zero-order valence-electron chi connectivity index (χ0n) is 19.4. The fraction of sp³-hybridized carbons (Fsp3) is 0.417. The summed E-state index contributed by atoms with van der Waals surface area (Å²) in [4.78, 5) is 48.1. The van der Waals surface area contributed by atoms with Crippen LogP contribution in [0.4, 0.5) is 10.5 Å². The molecule has 2 aliphatic rings. The summed E-state index contributed by atoms with van der Waals surface area (Å²) >= 11 is 0. The lowest BCUT2D eigenvalue weighted by Crippen LogP contribution is -2.64. The number of ether oxygens (including phenoxy) is 2. The van der Waals surface area contributed by atoms with Crippen molar-refractivity contribution < 1.29 is 29.1 Å². The zero-order chi connectivity index (χ0) is 24.8. The van der Waals surface area contributed by atoms with E-state index in [4.69, 9.17) is 9.47 Å². The molecule has 0 saturated carbocycles. The monoisotopic (exact) mass is 483 g/mol. The topological polar surface area (TPSA) is 125 Å². The first kappa shape index (κ1) is 24.3. The van der Waals surface area contributed by atoms with Gasteiger partial charge < -0.3 is 19.3 Å². The van der Waals surface area contributed by atoms with Crippen molar-refractivity contribution in [3.05, 3.63) is 54.9 Å². The molecule has 186 valence electrons. The van der Waals surface area contributed by atoms with Crippen LogP contribution in [0.5, 0.6) is 5.75 Å². The van der Waals surface area contributed by atoms with Crippen LogP contribution in [-0.2, 0) is 14.3 Å². The quantitative estimate of drug-likeness (QED) is 0.479. The molecule has 0 bridgehead atoms. The first-order valence-electron chi connectivity index (χ1n) is 11.5. The number of pyridine rings is 1. The van der Waals surface area contributed by atoms with Crippen molar-refractivity contribution in [1.29, 1.82) is 0 Å². The van der Waals surface area contributed by atoms with Gasteiger partial charge in [-0.3, -0.25) is 24.7 Å². The summed E-state index contributed by atoms with van der Waals surface area (Å²) in [7, 11) is 1.22. The van der Waals surface area contributed by atoms with E-state index in [0.717, 1.165) is 5.69 Å². The van der Waals surface area contributed by atoms with Gasteiger partial charge in [-0.25, -0.2) is 10.3 Å². The van der Waals surface area contributed by atoms with Gasteiger partial charge in [-0.15, -0.1) is 0 Å². The molecule has 3 amide bonds. The number of likely N-dealkylation sites (tertiary alicyclic amines) is 1. The summed E-state index contributed by atoms with van der Waals surface area (Å²) < 4.78 is 10.9. The highest BCUT2D eigenvalue weighted by Gasteiger charge is 2.49. The molecule has 2 N–H and O–H groups in total. The van der Waals surface area contributed by atoms with Crippen LogP contribution >= 0.6 is 0 Å². The Bertz CT molecular complexity index is 990. The van der Waals surface area contributed by atoms with Gasteiger partial charge in [-0.05, 0) is 24.3 Å². The van der Waals surface area contributed by atoms with Crippen molar-refractivity contribution in [2.45, 2.75) is 18.6 Å². The first-order valence-corrected chi connectivity index (χ1v) is 11.5. The number of piperazine rings is 1. The molecule has 2 saturated heterocycles. The number of aromatic nitrogens is 1. The lowest BCUT2D eigenvalue weighted by molar-refractivity contribution is -0.151.